The maximum Gasteiger partial charge on any atom is 0.320 e. The second-order valence-electron chi connectivity index (χ2n) is 6.33. The first-order chi connectivity index (χ1) is 15.0. The number of methoxy groups -OCH3 is 1. The maximum atomic E-state index is 12.4. The predicted molar refractivity (Wildman–Crippen MR) is 115 cm³/mol. The fourth-order valence-electron chi connectivity index (χ4n) is 2.85. The van der Waals surface area contributed by atoms with Crippen LogP contribution in [0.2, 0.25) is 0 Å². The van der Waals surface area contributed by atoms with E-state index in [2.05, 4.69) is 36.4 Å². The molecule has 2 aromatic heterocycles. The van der Waals surface area contributed by atoms with Gasteiger partial charge in [-0.2, -0.15) is 4.98 Å². The molecule has 0 radical (unpaired) electrons. The standard InChI is InChI=1S/C20H23N7O4/c1-5-22-20(29)26-16-9-15(13(10-23-16)19(28)21-3)25-14-8-6-7-12(17(14)30-4)18-24-11(2)31-27-18/h6-10H,5H2,1-4H3,(H,21,28)(H3,22,23,25,26,29). The fourth-order valence-corrected chi connectivity index (χ4v) is 2.85. The van der Waals surface area contributed by atoms with Crippen molar-refractivity contribution in [2.75, 3.05) is 31.3 Å². The smallest absolute Gasteiger partial charge is 0.320 e. The Morgan fingerprint density at radius 3 is 2.68 bits per heavy atom. The van der Waals surface area contributed by atoms with Crippen molar-refractivity contribution in [1.82, 2.24) is 25.8 Å². The topological polar surface area (TPSA) is 143 Å². The lowest BCUT2D eigenvalue weighted by molar-refractivity contribution is 0.0963. The molecule has 0 unspecified atom stereocenters. The molecule has 0 spiro atoms. The molecule has 4 N–H and O–H groups in total. The van der Waals surface area contributed by atoms with Crippen molar-refractivity contribution in [1.29, 1.82) is 0 Å². The molecule has 11 nitrogen and oxygen atoms in total. The number of hydrogen-bond donors (Lipinski definition) is 4. The van der Waals surface area contributed by atoms with Crippen LogP contribution in [0.3, 0.4) is 0 Å². The lowest BCUT2D eigenvalue weighted by Crippen LogP contribution is -2.28. The highest BCUT2D eigenvalue weighted by atomic mass is 16.5. The second kappa shape index (κ2) is 9.57. The zero-order valence-corrected chi connectivity index (χ0v) is 17.6. The Morgan fingerprint density at radius 2 is 2.03 bits per heavy atom. The highest BCUT2D eigenvalue weighted by Gasteiger charge is 2.18. The van der Waals surface area contributed by atoms with Gasteiger partial charge in [0.05, 0.1) is 29.6 Å². The van der Waals surface area contributed by atoms with Gasteiger partial charge in [0.2, 0.25) is 11.7 Å². The van der Waals surface area contributed by atoms with Crippen molar-refractivity contribution in [3.8, 4) is 17.1 Å². The average molecular weight is 425 g/mol. The molecule has 0 aliphatic carbocycles. The van der Waals surface area contributed by atoms with Gasteiger partial charge in [-0.05, 0) is 19.1 Å². The third-order valence-corrected chi connectivity index (χ3v) is 4.21. The van der Waals surface area contributed by atoms with Crippen LogP contribution in [0, 0.1) is 6.92 Å². The molecule has 3 aromatic rings. The van der Waals surface area contributed by atoms with Gasteiger partial charge in [0.25, 0.3) is 5.91 Å². The number of urea groups is 1. The summed E-state index contributed by atoms with van der Waals surface area (Å²) in [5.74, 6) is 1.18. The van der Waals surface area contributed by atoms with Crippen LogP contribution in [0.15, 0.2) is 35.0 Å². The average Bonchev–Trinajstić information content (AvgIpc) is 3.19. The first-order valence-electron chi connectivity index (χ1n) is 9.48. The summed E-state index contributed by atoms with van der Waals surface area (Å²) >= 11 is 0. The molecule has 162 valence electrons. The van der Waals surface area contributed by atoms with Crippen molar-refractivity contribution >= 4 is 29.1 Å². The minimum atomic E-state index is -0.402. The summed E-state index contributed by atoms with van der Waals surface area (Å²) in [5.41, 5.74) is 1.87. The number of aryl methyl sites for hydroxylation is 1. The second-order valence-corrected chi connectivity index (χ2v) is 6.33. The van der Waals surface area contributed by atoms with Crippen LogP contribution in [0.4, 0.5) is 22.0 Å². The molecule has 3 rings (SSSR count). The Hall–Kier alpha value is -4.15. The summed E-state index contributed by atoms with van der Waals surface area (Å²) in [5, 5.41) is 15.0. The number of rotatable bonds is 7. The number of nitrogens with one attached hydrogen (secondary N) is 4. The van der Waals surface area contributed by atoms with Gasteiger partial charge in [-0.25, -0.2) is 9.78 Å². The normalized spacial score (nSPS) is 10.3. The summed E-state index contributed by atoms with van der Waals surface area (Å²) in [7, 11) is 3.04. The number of amides is 3. The predicted octanol–water partition coefficient (Wildman–Crippen LogP) is 2.69. The van der Waals surface area contributed by atoms with Crippen molar-refractivity contribution in [3.05, 3.63) is 41.9 Å². The van der Waals surface area contributed by atoms with E-state index in [1.807, 2.05) is 0 Å². The number of hydrogen-bond acceptors (Lipinski definition) is 8. The number of aromatic nitrogens is 3. The van der Waals surface area contributed by atoms with Crippen LogP contribution in [0.1, 0.15) is 23.2 Å². The molecule has 0 saturated carbocycles. The van der Waals surface area contributed by atoms with Crippen LogP contribution in [0.5, 0.6) is 5.75 Å². The summed E-state index contributed by atoms with van der Waals surface area (Å²) in [6.07, 6.45) is 1.38. The lowest BCUT2D eigenvalue weighted by atomic mass is 10.1. The molecular weight excluding hydrogens is 402 g/mol. The molecule has 0 bridgehead atoms. The number of carbonyl (C=O) groups is 2. The molecule has 11 heteroatoms. The minimum absolute atomic E-state index is 0.269. The quantitative estimate of drug-likeness (QED) is 0.452. The molecule has 31 heavy (non-hydrogen) atoms. The number of para-hydroxylation sites is 1. The Kier molecular flexibility index (Phi) is 6.65. The van der Waals surface area contributed by atoms with E-state index in [1.165, 1.54) is 20.4 Å². The van der Waals surface area contributed by atoms with Gasteiger partial charge in [0.15, 0.2) is 5.75 Å². The molecule has 0 atom stereocenters. The van der Waals surface area contributed by atoms with Gasteiger partial charge in [-0.1, -0.05) is 11.2 Å². The number of ether oxygens (including phenoxy) is 1. The summed E-state index contributed by atoms with van der Waals surface area (Å²) < 4.78 is 10.7. The SMILES string of the molecule is CCNC(=O)Nc1cc(Nc2cccc(-c3noc(C)n3)c2OC)c(C(=O)NC)cn1. The number of nitrogens with zero attached hydrogens (tertiary/aromatic N) is 3. The first kappa shape index (κ1) is 21.6. The highest BCUT2D eigenvalue weighted by Crippen LogP contribution is 2.37. The Bertz CT molecular complexity index is 1100. The molecule has 0 saturated heterocycles. The highest BCUT2D eigenvalue weighted by molar-refractivity contribution is 6.01. The van der Waals surface area contributed by atoms with E-state index in [9.17, 15) is 9.59 Å². The summed E-state index contributed by atoms with van der Waals surface area (Å²) in [6, 6.07) is 6.52. The monoisotopic (exact) mass is 425 g/mol. The Labute approximate surface area is 178 Å². The third-order valence-electron chi connectivity index (χ3n) is 4.21. The van der Waals surface area contributed by atoms with E-state index in [0.717, 1.165) is 0 Å². The number of benzene rings is 1. The summed E-state index contributed by atoms with van der Waals surface area (Å²) in [6.45, 7) is 3.97. The van der Waals surface area contributed by atoms with E-state index in [-0.39, 0.29) is 17.3 Å². The minimum Gasteiger partial charge on any atom is -0.494 e. The molecule has 1 aromatic carbocycles. The number of anilines is 3. The van der Waals surface area contributed by atoms with E-state index >= 15 is 0 Å². The maximum absolute atomic E-state index is 12.4. The van der Waals surface area contributed by atoms with Crippen LogP contribution in [-0.2, 0) is 0 Å². The Morgan fingerprint density at radius 1 is 1.23 bits per heavy atom. The van der Waals surface area contributed by atoms with Gasteiger partial charge in [0.1, 0.15) is 5.82 Å². The van der Waals surface area contributed by atoms with Gasteiger partial charge in [-0.3, -0.25) is 10.1 Å². The molecule has 0 aliphatic heterocycles. The Balaban J connectivity index is 2.02. The zero-order chi connectivity index (χ0) is 22.4. The number of carbonyl (C=O) groups excluding carboxylic acids is 2. The van der Waals surface area contributed by atoms with E-state index in [1.54, 1.807) is 38.1 Å². The van der Waals surface area contributed by atoms with Crippen LogP contribution in [0.25, 0.3) is 11.4 Å². The van der Waals surface area contributed by atoms with Gasteiger partial charge < -0.3 is 25.2 Å². The lowest BCUT2D eigenvalue weighted by Gasteiger charge is -2.16. The van der Waals surface area contributed by atoms with Crippen LogP contribution < -0.4 is 26.0 Å². The molecule has 0 fully saturated rings. The van der Waals surface area contributed by atoms with E-state index in [0.29, 0.717) is 40.9 Å². The molecule has 2 heterocycles. The zero-order valence-electron chi connectivity index (χ0n) is 17.6. The van der Waals surface area contributed by atoms with Crippen LogP contribution in [-0.4, -0.2) is 47.8 Å². The first-order valence-corrected chi connectivity index (χ1v) is 9.48. The van der Waals surface area contributed by atoms with Crippen molar-refractivity contribution in [3.63, 3.8) is 0 Å². The van der Waals surface area contributed by atoms with Crippen molar-refractivity contribution in [2.45, 2.75) is 13.8 Å². The van der Waals surface area contributed by atoms with Gasteiger partial charge in [0, 0.05) is 32.8 Å². The third kappa shape index (κ3) is 4.89. The van der Waals surface area contributed by atoms with Gasteiger partial charge >= 0.3 is 6.03 Å². The molecule has 0 aliphatic rings. The molecular formula is C20H23N7O4. The molecule has 3 amide bonds. The van der Waals surface area contributed by atoms with Crippen molar-refractivity contribution in [2.24, 2.45) is 0 Å². The van der Waals surface area contributed by atoms with Gasteiger partial charge in [-0.15, -0.1) is 0 Å². The fraction of sp³-hybridized carbons (Fsp3) is 0.250. The van der Waals surface area contributed by atoms with Crippen LogP contribution >= 0.6 is 0 Å². The van der Waals surface area contributed by atoms with E-state index < -0.39 is 6.03 Å². The number of pyridine rings is 1. The van der Waals surface area contributed by atoms with Crippen molar-refractivity contribution < 1.29 is 18.8 Å². The summed E-state index contributed by atoms with van der Waals surface area (Å²) in [4.78, 5) is 32.6. The van der Waals surface area contributed by atoms with E-state index in [4.69, 9.17) is 9.26 Å². The largest absolute Gasteiger partial charge is 0.494 e.